The van der Waals surface area contributed by atoms with Crippen LogP contribution in [0.5, 0.6) is 5.75 Å². The average Bonchev–Trinajstić information content (AvgIpc) is 2.92. The summed E-state index contributed by atoms with van der Waals surface area (Å²) in [5.41, 5.74) is 1.28. The Morgan fingerprint density at radius 1 is 1.33 bits per heavy atom. The highest BCUT2D eigenvalue weighted by molar-refractivity contribution is 5.46. The number of ether oxygens (including phenoxy) is 2. The number of rotatable bonds is 2. The Hall–Kier alpha value is -1.06. The molecule has 1 fully saturated rings. The number of aryl methyl sites for hydroxylation is 1. The second-order valence-corrected chi connectivity index (χ2v) is 5.45. The van der Waals surface area contributed by atoms with Gasteiger partial charge in [-0.05, 0) is 31.7 Å². The summed E-state index contributed by atoms with van der Waals surface area (Å²) in [6, 6.07) is 6.11. The Bertz CT molecular complexity index is 433. The number of para-hydroxylation sites is 1. The van der Waals surface area contributed by atoms with Gasteiger partial charge in [0, 0.05) is 18.1 Å². The molecule has 2 aliphatic rings. The van der Waals surface area contributed by atoms with Crippen molar-refractivity contribution in [3.8, 4) is 5.75 Å². The summed E-state index contributed by atoms with van der Waals surface area (Å²) in [5.74, 6) is 1.06. The molecular weight excluding hydrogens is 228 g/mol. The van der Waals surface area contributed by atoms with Crippen LogP contribution in [0.1, 0.15) is 30.9 Å². The lowest BCUT2D eigenvalue weighted by molar-refractivity contribution is -0.0123. The fraction of sp³-hybridized carbons (Fsp3) is 0.600. The summed E-state index contributed by atoms with van der Waals surface area (Å²) >= 11 is 0. The van der Waals surface area contributed by atoms with Crippen molar-refractivity contribution in [2.45, 2.75) is 31.8 Å². The maximum Gasteiger partial charge on any atom is 0.128 e. The van der Waals surface area contributed by atoms with Gasteiger partial charge in [0.2, 0.25) is 0 Å². The van der Waals surface area contributed by atoms with E-state index in [4.69, 9.17) is 9.47 Å². The van der Waals surface area contributed by atoms with E-state index in [0.29, 0.717) is 6.61 Å². The third kappa shape index (κ3) is 1.91. The van der Waals surface area contributed by atoms with Crippen LogP contribution in [-0.2, 0) is 16.8 Å². The zero-order valence-corrected chi connectivity index (χ0v) is 10.8. The molecule has 1 aromatic carbocycles. The van der Waals surface area contributed by atoms with Crippen LogP contribution < -0.4 is 4.74 Å². The van der Waals surface area contributed by atoms with E-state index in [-0.39, 0.29) is 5.92 Å². The highest BCUT2D eigenvalue weighted by atomic mass is 16.5. The maximum absolute atomic E-state index is 10.9. The molecule has 0 amide bonds. The third-order valence-electron chi connectivity index (χ3n) is 4.20. The Kier molecular flexibility index (Phi) is 3.04. The van der Waals surface area contributed by atoms with Gasteiger partial charge in [-0.1, -0.05) is 18.2 Å². The van der Waals surface area contributed by atoms with Gasteiger partial charge in [-0.15, -0.1) is 0 Å². The van der Waals surface area contributed by atoms with Crippen molar-refractivity contribution in [1.29, 1.82) is 0 Å². The van der Waals surface area contributed by atoms with Crippen LogP contribution in [-0.4, -0.2) is 24.9 Å². The normalized spacial score (nSPS) is 26.2. The van der Waals surface area contributed by atoms with Crippen LogP contribution in [0.4, 0.5) is 0 Å². The van der Waals surface area contributed by atoms with Crippen molar-refractivity contribution in [3.63, 3.8) is 0 Å². The first-order chi connectivity index (χ1) is 8.69. The molecule has 0 bridgehead atoms. The van der Waals surface area contributed by atoms with Crippen LogP contribution >= 0.6 is 0 Å². The first-order valence-electron chi connectivity index (χ1n) is 6.75. The van der Waals surface area contributed by atoms with Gasteiger partial charge in [-0.2, -0.15) is 0 Å². The summed E-state index contributed by atoms with van der Waals surface area (Å²) in [6.45, 7) is 4.02. The molecule has 3 heteroatoms. The Morgan fingerprint density at radius 3 is 3.00 bits per heavy atom. The highest BCUT2D eigenvalue weighted by Crippen LogP contribution is 2.41. The van der Waals surface area contributed by atoms with E-state index in [1.807, 2.05) is 19.1 Å². The first kappa shape index (κ1) is 12.0. The standard InChI is InChI=1S/C15H20O3/c1-15(16,12-7-9-17-10-12)13-6-2-4-11-5-3-8-18-14(11)13/h2,4,6,12,16H,3,5,7-10H2,1H3. The van der Waals surface area contributed by atoms with Crippen molar-refractivity contribution in [2.75, 3.05) is 19.8 Å². The molecular formula is C15H20O3. The molecule has 0 radical (unpaired) electrons. The number of hydrogen-bond donors (Lipinski definition) is 1. The first-order valence-corrected chi connectivity index (χ1v) is 6.75. The van der Waals surface area contributed by atoms with Gasteiger partial charge < -0.3 is 14.6 Å². The number of aliphatic hydroxyl groups is 1. The summed E-state index contributed by atoms with van der Waals surface area (Å²) in [4.78, 5) is 0. The molecule has 18 heavy (non-hydrogen) atoms. The van der Waals surface area contributed by atoms with Crippen molar-refractivity contribution >= 4 is 0 Å². The van der Waals surface area contributed by atoms with Gasteiger partial charge in [-0.25, -0.2) is 0 Å². The molecule has 1 aromatic rings. The number of benzene rings is 1. The molecule has 2 aliphatic heterocycles. The summed E-state index contributed by atoms with van der Waals surface area (Å²) < 4.78 is 11.2. The Morgan fingerprint density at radius 2 is 2.22 bits per heavy atom. The molecule has 1 saturated heterocycles. The molecule has 2 atom stereocenters. The van der Waals surface area contributed by atoms with Crippen LogP contribution in [0.3, 0.4) is 0 Å². The monoisotopic (exact) mass is 248 g/mol. The molecule has 2 unspecified atom stereocenters. The van der Waals surface area contributed by atoms with Crippen LogP contribution in [0.25, 0.3) is 0 Å². The second kappa shape index (κ2) is 4.56. The molecule has 0 aromatic heterocycles. The minimum atomic E-state index is -0.862. The number of hydrogen-bond acceptors (Lipinski definition) is 3. The molecule has 2 heterocycles. The molecule has 0 spiro atoms. The quantitative estimate of drug-likeness (QED) is 0.872. The maximum atomic E-state index is 10.9. The van der Waals surface area contributed by atoms with E-state index in [1.165, 1.54) is 5.56 Å². The van der Waals surface area contributed by atoms with Crippen molar-refractivity contribution in [2.24, 2.45) is 5.92 Å². The SMILES string of the molecule is CC(O)(c1cccc2c1OCCC2)C1CCOC1. The van der Waals surface area contributed by atoms with Crippen molar-refractivity contribution < 1.29 is 14.6 Å². The largest absolute Gasteiger partial charge is 0.493 e. The smallest absolute Gasteiger partial charge is 0.128 e. The van der Waals surface area contributed by atoms with Gasteiger partial charge in [0.05, 0.1) is 18.8 Å². The van der Waals surface area contributed by atoms with Gasteiger partial charge in [0.15, 0.2) is 0 Å². The second-order valence-electron chi connectivity index (χ2n) is 5.45. The van der Waals surface area contributed by atoms with Crippen LogP contribution in [0.2, 0.25) is 0 Å². The lowest BCUT2D eigenvalue weighted by Gasteiger charge is -2.33. The van der Waals surface area contributed by atoms with Crippen molar-refractivity contribution in [1.82, 2.24) is 0 Å². The number of fused-ring (bicyclic) bond motifs is 1. The summed E-state index contributed by atoms with van der Waals surface area (Å²) in [7, 11) is 0. The van der Waals surface area contributed by atoms with Gasteiger partial charge in [-0.3, -0.25) is 0 Å². The van der Waals surface area contributed by atoms with Crippen LogP contribution in [0, 0.1) is 5.92 Å². The highest BCUT2D eigenvalue weighted by Gasteiger charge is 2.39. The molecule has 0 saturated carbocycles. The van der Waals surface area contributed by atoms with E-state index in [0.717, 1.165) is 43.8 Å². The van der Waals surface area contributed by atoms with Gasteiger partial charge in [0.25, 0.3) is 0 Å². The lowest BCUT2D eigenvalue weighted by Crippen LogP contribution is -2.33. The molecule has 98 valence electrons. The third-order valence-corrected chi connectivity index (χ3v) is 4.20. The molecule has 0 aliphatic carbocycles. The van der Waals surface area contributed by atoms with Crippen molar-refractivity contribution in [3.05, 3.63) is 29.3 Å². The topological polar surface area (TPSA) is 38.7 Å². The minimum absolute atomic E-state index is 0.162. The van der Waals surface area contributed by atoms with Gasteiger partial charge in [0.1, 0.15) is 5.75 Å². The molecule has 1 N–H and O–H groups in total. The Balaban J connectivity index is 2.00. The van der Waals surface area contributed by atoms with Gasteiger partial charge >= 0.3 is 0 Å². The average molecular weight is 248 g/mol. The van der Waals surface area contributed by atoms with E-state index >= 15 is 0 Å². The predicted octanol–water partition coefficient (Wildman–Crippen LogP) is 2.26. The fourth-order valence-corrected chi connectivity index (χ4v) is 2.99. The van der Waals surface area contributed by atoms with Crippen LogP contribution in [0.15, 0.2) is 18.2 Å². The van der Waals surface area contributed by atoms with E-state index in [1.54, 1.807) is 0 Å². The predicted molar refractivity (Wildman–Crippen MR) is 68.8 cm³/mol. The zero-order chi connectivity index (χ0) is 12.6. The van der Waals surface area contributed by atoms with E-state index in [9.17, 15) is 5.11 Å². The van der Waals surface area contributed by atoms with E-state index in [2.05, 4.69) is 6.07 Å². The van der Waals surface area contributed by atoms with E-state index < -0.39 is 5.60 Å². The minimum Gasteiger partial charge on any atom is -0.493 e. The Labute approximate surface area is 108 Å². The summed E-state index contributed by atoms with van der Waals surface area (Å²) in [6.07, 6.45) is 3.02. The lowest BCUT2D eigenvalue weighted by atomic mass is 9.80. The molecule has 3 rings (SSSR count). The zero-order valence-electron chi connectivity index (χ0n) is 10.8. The summed E-state index contributed by atoms with van der Waals surface area (Å²) in [5, 5.41) is 10.9. The molecule has 3 nitrogen and oxygen atoms in total. The fourth-order valence-electron chi connectivity index (χ4n) is 2.99.